The lowest BCUT2D eigenvalue weighted by molar-refractivity contribution is -0.109. The van der Waals surface area contributed by atoms with E-state index in [1.165, 1.54) is 5.56 Å². The number of aryl methyl sites for hydroxylation is 1. The van der Waals surface area contributed by atoms with Crippen molar-refractivity contribution in [1.29, 1.82) is 0 Å². The van der Waals surface area contributed by atoms with Gasteiger partial charge in [-0.15, -0.1) is 0 Å². The summed E-state index contributed by atoms with van der Waals surface area (Å²) in [6.07, 6.45) is 3.50. The maximum Gasteiger partial charge on any atom is 0.123 e. The minimum absolute atomic E-state index is 0.0902. The summed E-state index contributed by atoms with van der Waals surface area (Å²) < 4.78 is 5.64. The van der Waals surface area contributed by atoms with Gasteiger partial charge in [-0.2, -0.15) is 0 Å². The second-order valence-electron chi connectivity index (χ2n) is 3.29. The molecule has 0 bridgehead atoms. The first-order valence-corrected chi connectivity index (χ1v) is 4.58. The van der Waals surface area contributed by atoms with Gasteiger partial charge in [0.05, 0.1) is 0 Å². The van der Waals surface area contributed by atoms with Gasteiger partial charge in [0, 0.05) is 6.42 Å². The predicted molar refractivity (Wildman–Crippen MR) is 49.9 cm³/mol. The van der Waals surface area contributed by atoms with Crippen LogP contribution in [-0.4, -0.2) is 12.4 Å². The first kappa shape index (κ1) is 8.30. The van der Waals surface area contributed by atoms with Gasteiger partial charge in [-0.25, -0.2) is 0 Å². The van der Waals surface area contributed by atoms with Crippen LogP contribution in [0, 0.1) is 0 Å². The summed E-state index contributed by atoms with van der Waals surface area (Å²) in [6, 6.07) is 8.02. The Kier molecular flexibility index (Phi) is 2.30. The second-order valence-corrected chi connectivity index (χ2v) is 3.29. The van der Waals surface area contributed by atoms with Crippen LogP contribution in [0.4, 0.5) is 0 Å². The Morgan fingerprint density at radius 3 is 3.15 bits per heavy atom. The molecule has 2 nitrogen and oxygen atoms in total. The molecule has 0 spiro atoms. The van der Waals surface area contributed by atoms with Gasteiger partial charge in [-0.1, -0.05) is 18.2 Å². The van der Waals surface area contributed by atoms with Gasteiger partial charge in [0.25, 0.3) is 0 Å². The number of fused-ring (bicyclic) bond motifs is 1. The molecule has 2 heteroatoms. The van der Waals surface area contributed by atoms with E-state index in [1.54, 1.807) is 0 Å². The molecule has 0 N–H and O–H groups in total. The first-order chi connectivity index (χ1) is 6.40. The molecular formula is C11H12O2. The van der Waals surface area contributed by atoms with Gasteiger partial charge in [0.15, 0.2) is 0 Å². The SMILES string of the molecule is O=CC[C@@H]1CCc2ccccc2O1. The highest BCUT2D eigenvalue weighted by Gasteiger charge is 2.18. The normalized spacial score (nSPS) is 20.2. The summed E-state index contributed by atoms with van der Waals surface area (Å²) in [6.45, 7) is 0. The zero-order valence-electron chi connectivity index (χ0n) is 7.40. The minimum atomic E-state index is 0.0902. The molecule has 0 radical (unpaired) electrons. The van der Waals surface area contributed by atoms with E-state index in [2.05, 4.69) is 6.07 Å². The van der Waals surface area contributed by atoms with Crippen molar-refractivity contribution in [2.45, 2.75) is 25.4 Å². The van der Waals surface area contributed by atoms with Gasteiger partial charge in [-0.3, -0.25) is 0 Å². The van der Waals surface area contributed by atoms with E-state index in [1.807, 2.05) is 18.2 Å². The number of aldehydes is 1. The Balaban J connectivity index is 2.15. The van der Waals surface area contributed by atoms with Crippen molar-refractivity contribution in [3.63, 3.8) is 0 Å². The number of carbonyl (C=O) groups excluding carboxylic acids is 1. The van der Waals surface area contributed by atoms with Gasteiger partial charge < -0.3 is 9.53 Å². The Hall–Kier alpha value is -1.31. The van der Waals surface area contributed by atoms with E-state index in [4.69, 9.17) is 4.74 Å². The monoisotopic (exact) mass is 176 g/mol. The van der Waals surface area contributed by atoms with Crippen LogP contribution < -0.4 is 4.74 Å². The molecule has 68 valence electrons. The van der Waals surface area contributed by atoms with Gasteiger partial charge in [-0.05, 0) is 24.5 Å². The van der Waals surface area contributed by atoms with Crippen molar-refractivity contribution >= 4 is 6.29 Å². The number of para-hydroxylation sites is 1. The van der Waals surface area contributed by atoms with Crippen LogP contribution in [0.25, 0.3) is 0 Å². The maximum absolute atomic E-state index is 10.3. The molecule has 1 aliphatic rings. The summed E-state index contributed by atoms with van der Waals surface area (Å²) in [5, 5.41) is 0. The Morgan fingerprint density at radius 1 is 1.46 bits per heavy atom. The summed E-state index contributed by atoms with van der Waals surface area (Å²) in [7, 11) is 0. The zero-order chi connectivity index (χ0) is 9.10. The molecule has 0 saturated heterocycles. The maximum atomic E-state index is 10.3. The van der Waals surface area contributed by atoms with Crippen molar-refractivity contribution in [3.8, 4) is 5.75 Å². The summed E-state index contributed by atoms with van der Waals surface area (Å²) >= 11 is 0. The van der Waals surface area contributed by atoms with Crippen LogP contribution in [0.5, 0.6) is 5.75 Å². The first-order valence-electron chi connectivity index (χ1n) is 4.58. The summed E-state index contributed by atoms with van der Waals surface area (Å²) in [5.74, 6) is 0.945. The third-order valence-electron chi connectivity index (χ3n) is 2.36. The van der Waals surface area contributed by atoms with Crippen molar-refractivity contribution in [2.24, 2.45) is 0 Å². The van der Waals surface area contributed by atoms with Crippen LogP contribution in [-0.2, 0) is 11.2 Å². The van der Waals surface area contributed by atoms with Gasteiger partial charge in [0.1, 0.15) is 18.1 Å². The molecule has 0 saturated carbocycles. The molecule has 0 fully saturated rings. The molecule has 0 aromatic heterocycles. The highest BCUT2D eigenvalue weighted by molar-refractivity contribution is 5.50. The fourth-order valence-corrected chi connectivity index (χ4v) is 1.65. The summed E-state index contributed by atoms with van der Waals surface area (Å²) in [4.78, 5) is 10.3. The highest BCUT2D eigenvalue weighted by Crippen LogP contribution is 2.27. The molecule has 1 aliphatic heterocycles. The molecule has 0 aliphatic carbocycles. The molecule has 13 heavy (non-hydrogen) atoms. The van der Waals surface area contributed by atoms with Crippen molar-refractivity contribution in [3.05, 3.63) is 29.8 Å². The Labute approximate surface area is 77.5 Å². The molecule has 0 amide bonds. The number of hydrogen-bond donors (Lipinski definition) is 0. The van der Waals surface area contributed by atoms with Gasteiger partial charge >= 0.3 is 0 Å². The lowest BCUT2D eigenvalue weighted by Gasteiger charge is -2.24. The van der Waals surface area contributed by atoms with Crippen molar-refractivity contribution < 1.29 is 9.53 Å². The van der Waals surface area contributed by atoms with Crippen molar-refractivity contribution in [2.75, 3.05) is 0 Å². The second kappa shape index (κ2) is 3.60. The fraction of sp³-hybridized carbons (Fsp3) is 0.364. The third kappa shape index (κ3) is 1.72. The van der Waals surface area contributed by atoms with E-state index < -0.39 is 0 Å². The molecule has 1 aromatic carbocycles. The lowest BCUT2D eigenvalue weighted by atomic mass is 10.0. The predicted octanol–water partition coefficient (Wildman–Crippen LogP) is 1.97. The number of hydrogen-bond acceptors (Lipinski definition) is 2. The van der Waals surface area contributed by atoms with E-state index in [0.717, 1.165) is 24.9 Å². The number of ether oxygens (including phenoxy) is 1. The van der Waals surface area contributed by atoms with Gasteiger partial charge in [0.2, 0.25) is 0 Å². The van der Waals surface area contributed by atoms with Crippen LogP contribution in [0.3, 0.4) is 0 Å². The van der Waals surface area contributed by atoms with Crippen LogP contribution in [0.2, 0.25) is 0 Å². The smallest absolute Gasteiger partial charge is 0.123 e. The van der Waals surface area contributed by atoms with E-state index >= 15 is 0 Å². The standard InChI is InChI=1S/C11H12O2/c12-8-7-10-6-5-9-3-1-2-4-11(9)13-10/h1-4,8,10H,5-7H2/t10-/m0/s1. The largest absolute Gasteiger partial charge is 0.490 e. The number of benzene rings is 1. The topological polar surface area (TPSA) is 26.3 Å². The van der Waals surface area contributed by atoms with E-state index in [-0.39, 0.29) is 6.10 Å². The van der Waals surface area contributed by atoms with E-state index in [9.17, 15) is 4.79 Å². The van der Waals surface area contributed by atoms with Crippen molar-refractivity contribution in [1.82, 2.24) is 0 Å². The quantitative estimate of drug-likeness (QED) is 0.644. The molecule has 0 unspecified atom stereocenters. The average molecular weight is 176 g/mol. The molecule has 1 heterocycles. The van der Waals surface area contributed by atoms with E-state index in [0.29, 0.717) is 6.42 Å². The molecule has 1 aromatic rings. The lowest BCUT2D eigenvalue weighted by Crippen LogP contribution is -2.22. The Morgan fingerprint density at radius 2 is 2.31 bits per heavy atom. The zero-order valence-corrected chi connectivity index (χ0v) is 7.40. The number of carbonyl (C=O) groups is 1. The number of rotatable bonds is 2. The fourth-order valence-electron chi connectivity index (χ4n) is 1.65. The minimum Gasteiger partial charge on any atom is -0.490 e. The average Bonchev–Trinajstić information content (AvgIpc) is 2.18. The van der Waals surface area contributed by atoms with Crippen LogP contribution in [0.15, 0.2) is 24.3 Å². The Bertz CT molecular complexity index is 307. The molecular weight excluding hydrogens is 164 g/mol. The summed E-state index contributed by atoms with van der Waals surface area (Å²) in [5.41, 5.74) is 1.25. The highest BCUT2D eigenvalue weighted by atomic mass is 16.5. The van der Waals surface area contributed by atoms with Crippen LogP contribution in [0.1, 0.15) is 18.4 Å². The third-order valence-corrected chi connectivity index (χ3v) is 2.36. The molecule has 1 atom stereocenters. The van der Waals surface area contributed by atoms with Crippen LogP contribution >= 0.6 is 0 Å². The molecule has 2 rings (SSSR count).